The summed E-state index contributed by atoms with van der Waals surface area (Å²) < 4.78 is 0. The summed E-state index contributed by atoms with van der Waals surface area (Å²) in [5.41, 5.74) is 4.15. The molecule has 0 radical (unpaired) electrons. The number of Topliss-reactive ketones (excluding diaryl/α,β-unsaturated/α-hetero) is 1. The first-order valence-corrected chi connectivity index (χ1v) is 10.9. The monoisotopic (exact) mass is 439 g/mol. The Hall–Kier alpha value is -3.40. The van der Waals surface area contributed by atoms with E-state index in [0.717, 1.165) is 38.5 Å². The van der Waals surface area contributed by atoms with E-state index >= 15 is 0 Å². The van der Waals surface area contributed by atoms with Gasteiger partial charge in [0, 0.05) is 33.1 Å². The number of carbonyl (C=O) groups is 1. The predicted octanol–water partition coefficient (Wildman–Crippen LogP) is 6.66. The Morgan fingerprint density at radius 1 is 0.875 bits per heavy atom. The Bertz CT molecular complexity index is 1440. The molecule has 3 nitrogen and oxygen atoms in total. The van der Waals surface area contributed by atoms with Crippen LogP contribution in [-0.4, -0.2) is 22.0 Å². The molecule has 5 rings (SSSR count). The highest BCUT2D eigenvalue weighted by Crippen LogP contribution is 2.37. The molecule has 1 heterocycles. The van der Waals surface area contributed by atoms with E-state index in [1.807, 2.05) is 79.7 Å². The normalized spacial score (nSPS) is 13.3. The highest BCUT2D eigenvalue weighted by Gasteiger charge is 2.33. The summed E-state index contributed by atoms with van der Waals surface area (Å²) in [5, 5.41) is 15.1. The molecule has 2 atom stereocenters. The molecule has 0 fully saturated rings. The molecule has 0 saturated heterocycles. The van der Waals surface area contributed by atoms with Gasteiger partial charge < -0.3 is 10.1 Å². The molecular formula is C28H22ClNO2. The number of aliphatic hydroxyl groups excluding tert-OH is 1. The zero-order chi connectivity index (χ0) is 22.2. The maximum absolute atomic E-state index is 13.5. The van der Waals surface area contributed by atoms with Gasteiger partial charge >= 0.3 is 0 Å². The van der Waals surface area contributed by atoms with Crippen molar-refractivity contribution in [3.05, 3.63) is 118 Å². The van der Waals surface area contributed by atoms with Gasteiger partial charge in [0.2, 0.25) is 0 Å². The zero-order valence-electron chi connectivity index (χ0n) is 17.5. The van der Waals surface area contributed by atoms with E-state index in [9.17, 15) is 9.90 Å². The summed E-state index contributed by atoms with van der Waals surface area (Å²) in [7, 11) is 0. The number of para-hydroxylation sites is 1. The van der Waals surface area contributed by atoms with Crippen molar-refractivity contribution in [3.63, 3.8) is 0 Å². The molecule has 0 saturated carbocycles. The number of rotatable bonds is 5. The molecule has 0 aliphatic heterocycles. The van der Waals surface area contributed by atoms with Crippen LogP contribution >= 0.6 is 11.6 Å². The number of hydrogen-bond donors (Lipinski definition) is 2. The first-order valence-electron chi connectivity index (χ1n) is 10.6. The standard InChI is InChI=1S/C28H22ClNO2/c1-17-25(23-8-4-5-9-24(23)30-17)26(19-12-14-22(29)15-13-19)28(32)27(31)21-11-10-18-6-2-3-7-20(18)16-21/h2-16,26,28,30,32H,1H3/t26-,28+/m0/s1. The number of aromatic nitrogens is 1. The minimum atomic E-state index is -1.25. The van der Waals surface area contributed by atoms with Crippen molar-refractivity contribution in [1.29, 1.82) is 0 Å². The summed E-state index contributed by atoms with van der Waals surface area (Å²) in [6.45, 7) is 1.98. The summed E-state index contributed by atoms with van der Waals surface area (Å²) in [6.07, 6.45) is -1.25. The van der Waals surface area contributed by atoms with Crippen LogP contribution in [0.5, 0.6) is 0 Å². The molecule has 0 unspecified atom stereocenters. The number of halogens is 1. The third-order valence-electron chi connectivity index (χ3n) is 6.10. The number of ketones is 1. The van der Waals surface area contributed by atoms with Crippen LogP contribution in [0.4, 0.5) is 0 Å². The van der Waals surface area contributed by atoms with Crippen LogP contribution in [0.2, 0.25) is 5.02 Å². The second-order valence-electron chi connectivity index (χ2n) is 8.11. The molecule has 158 valence electrons. The molecular weight excluding hydrogens is 418 g/mol. The van der Waals surface area contributed by atoms with Crippen molar-refractivity contribution < 1.29 is 9.90 Å². The van der Waals surface area contributed by atoms with Crippen molar-refractivity contribution in [2.24, 2.45) is 0 Å². The number of aliphatic hydroxyl groups is 1. The molecule has 32 heavy (non-hydrogen) atoms. The van der Waals surface area contributed by atoms with Crippen molar-refractivity contribution in [2.75, 3.05) is 0 Å². The Kier molecular flexibility index (Phi) is 5.30. The van der Waals surface area contributed by atoms with Gasteiger partial charge in [-0.05, 0) is 53.1 Å². The van der Waals surface area contributed by atoms with Gasteiger partial charge in [-0.25, -0.2) is 0 Å². The van der Waals surface area contributed by atoms with Crippen molar-refractivity contribution in [3.8, 4) is 0 Å². The Morgan fingerprint density at radius 3 is 2.34 bits per heavy atom. The quantitative estimate of drug-likeness (QED) is 0.301. The lowest BCUT2D eigenvalue weighted by Gasteiger charge is -2.24. The number of aryl methyl sites for hydroxylation is 1. The van der Waals surface area contributed by atoms with Gasteiger partial charge in [-0.15, -0.1) is 0 Å². The third kappa shape index (κ3) is 3.60. The van der Waals surface area contributed by atoms with E-state index in [1.165, 1.54) is 0 Å². The Balaban J connectivity index is 1.64. The summed E-state index contributed by atoms with van der Waals surface area (Å²) in [5.74, 6) is -0.845. The van der Waals surface area contributed by atoms with Crippen LogP contribution in [0.15, 0.2) is 91.0 Å². The summed E-state index contributed by atoms with van der Waals surface area (Å²) in [6, 6.07) is 28.7. The fourth-order valence-corrected chi connectivity index (χ4v) is 4.67. The number of nitrogens with one attached hydrogen (secondary N) is 1. The number of benzene rings is 4. The van der Waals surface area contributed by atoms with Crippen LogP contribution in [0, 0.1) is 6.92 Å². The summed E-state index contributed by atoms with van der Waals surface area (Å²) >= 11 is 6.13. The van der Waals surface area contributed by atoms with Crippen molar-refractivity contribution >= 4 is 39.1 Å². The van der Waals surface area contributed by atoms with E-state index in [1.54, 1.807) is 18.2 Å². The number of hydrogen-bond acceptors (Lipinski definition) is 2. The van der Waals surface area contributed by atoms with Gasteiger partial charge in [-0.3, -0.25) is 4.79 Å². The van der Waals surface area contributed by atoms with Crippen LogP contribution in [0.3, 0.4) is 0 Å². The van der Waals surface area contributed by atoms with E-state index in [2.05, 4.69) is 4.98 Å². The lowest BCUT2D eigenvalue weighted by molar-refractivity contribution is 0.0716. The fourth-order valence-electron chi connectivity index (χ4n) is 4.54. The van der Waals surface area contributed by atoms with Gasteiger partial charge in [-0.2, -0.15) is 0 Å². The molecule has 0 spiro atoms. The average Bonchev–Trinajstić information content (AvgIpc) is 3.15. The molecule has 2 N–H and O–H groups in total. The SMILES string of the molecule is Cc1[nH]c2ccccc2c1[C@H](c1ccc(Cl)cc1)[C@@H](O)C(=O)c1ccc2ccccc2c1. The summed E-state index contributed by atoms with van der Waals surface area (Å²) in [4.78, 5) is 16.9. The van der Waals surface area contributed by atoms with Crippen LogP contribution in [-0.2, 0) is 0 Å². The highest BCUT2D eigenvalue weighted by molar-refractivity contribution is 6.30. The van der Waals surface area contributed by atoms with E-state index in [-0.39, 0.29) is 5.78 Å². The molecule has 0 aliphatic rings. The highest BCUT2D eigenvalue weighted by atomic mass is 35.5. The first kappa shape index (κ1) is 20.5. The molecule has 0 aliphatic carbocycles. The molecule has 4 aromatic carbocycles. The predicted molar refractivity (Wildman–Crippen MR) is 131 cm³/mol. The number of aromatic amines is 1. The number of carbonyl (C=O) groups excluding carboxylic acids is 1. The third-order valence-corrected chi connectivity index (χ3v) is 6.35. The minimum absolute atomic E-state index is 0.305. The fraction of sp³-hybridized carbons (Fsp3) is 0.107. The molecule has 0 bridgehead atoms. The lowest BCUT2D eigenvalue weighted by atomic mass is 9.82. The van der Waals surface area contributed by atoms with Gasteiger partial charge in [0.1, 0.15) is 6.10 Å². The average molecular weight is 440 g/mol. The van der Waals surface area contributed by atoms with Gasteiger partial charge in [0.05, 0.1) is 0 Å². The van der Waals surface area contributed by atoms with E-state index in [4.69, 9.17) is 11.6 Å². The van der Waals surface area contributed by atoms with Gasteiger partial charge in [-0.1, -0.05) is 78.3 Å². The van der Waals surface area contributed by atoms with Gasteiger partial charge in [0.25, 0.3) is 0 Å². The molecule has 5 aromatic rings. The van der Waals surface area contributed by atoms with E-state index in [0.29, 0.717) is 10.6 Å². The maximum atomic E-state index is 13.5. The zero-order valence-corrected chi connectivity index (χ0v) is 18.3. The second kappa shape index (κ2) is 8.27. The smallest absolute Gasteiger partial charge is 0.192 e. The van der Waals surface area contributed by atoms with Crippen LogP contribution in [0.25, 0.3) is 21.7 Å². The Labute approximate surface area is 191 Å². The topological polar surface area (TPSA) is 53.1 Å². The molecule has 0 amide bonds. The van der Waals surface area contributed by atoms with Crippen molar-refractivity contribution in [1.82, 2.24) is 4.98 Å². The van der Waals surface area contributed by atoms with Crippen LogP contribution in [0.1, 0.15) is 33.1 Å². The second-order valence-corrected chi connectivity index (χ2v) is 8.55. The van der Waals surface area contributed by atoms with E-state index < -0.39 is 12.0 Å². The van der Waals surface area contributed by atoms with Crippen molar-refractivity contribution in [2.45, 2.75) is 18.9 Å². The number of fused-ring (bicyclic) bond motifs is 2. The Morgan fingerprint density at radius 2 is 1.56 bits per heavy atom. The maximum Gasteiger partial charge on any atom is 0.192 e. The van der Waals surface area contributed by atoms with Gasteiger partial charge in [0.15, 0.2) is 5.78 Å². The largest absolute Gasteiger partial charge is 0.384 e. The minimum Gasteiger partial charge on any atom is -0.384 e. The van der Waals surface area contributed by atoms with Crippen LogP contribution < -0.4 is 0 Å². The molecule has 1 aromatic heterocycles. The first-order chi connectivity index (χ1) is 15.5. The lowest BCUT2D eigenvalue weighted by Crippen LogP contribution is -2.29. The molecule has 4 heteroatoms. The number of H-pyrrole nitrogens is 1.